The van der Waals surface area contributed by atoms with Crippen molar-refractivity contribution in [3.63, 3.8) is 0 Å². The highest BCUT2D eigenvalue weighted by Gasteiger charge is 2.43. The lowest BCUT2D eigenvalue weighted by atomic mass is 10.0. The van der Waals surface area contributed by atoms with E-state index in [1.165, 1.54) is 34.6 Å². The fourth-order valence-electron chi connectivity index (χ4n) is 2.59. The van der Waals surface area contributed by atoms with E-state index in [0.717, 1.165) is 0 Å². The zero-order chi connectivity index (χ0) is 17.0. The van der Waals surface area contributed by atoms with Crippen LogP contribution in [0.2, 0.25) is 0 Å². The van der Waals surface area contributed by atoms with Gasteiger partial charge in [-0.25, -0.2) is 4.79 Å². The standard InChI is InChI=1S/C14H21IN2O5/c1-7(2)10(16-12(19)11(15)18)13(20)17-8(3)5-6-9(17)14(21)22-4/h7-10H,5-6H2,1-4H3,(H,16,19)/t8-,9-,10-/m0/s1. The highest BCUT2D eigenvalue weighted by molar-refractivity contribution is 14.1. The Kier molecular flexibility index (Phi) is 6.76. The van der Waals surface area contributed by atoms with Crippen molar-refractivity contribution in [2.24, 2.45) is 5.92 Å². The molecule has 3 atom stereocenters. The van der Waals surface area contributed by atoms with E-state index in [0.29, 0.717) is 12.8 Å². The van der Waals surface area contributed by atoms with Gasteiger partial charge in [0.1, 0.15) is 12.1 Å². The number of nitrogens with one attached hydrogen (secondary N) is 1. The van der Waals surface area contributed by atoms with E-state index in [2.05, 4.69) is 5.32 Å². The molecular formula is C14H21IN2O5. The second kappa shape index (κ2) is 7.89. The predicted molar refractivity (Wildman–Crippen MR) is 87.1 cm³/mol. The highest BCUT2D eigenvalue weighted by Crippen LogP contribution is 2.26. The Bertz CT molecular complexity index is 480. The van der Waals surface area contributed by atoms with Gasteiger partial charge >= 0.3 is 5.97 Å². The van der Waals surface area contributed by atoms with Crippen molar-refractivity contribution in [2.75, 3.05) is 7.11 Å². The number of carbonyl (C=O) groups is 4. The van der Waals surface area contributed by atoms with Crippen LogP contribution in [0.3, 0.4) is 0 Å². The van der Waals surface area contributed by atoms with Gasteiger partial charge in [0.2, 0.25) is 5.91 Å². The molecule has 1 saturated heterocycles. The summed E-state index contributed by atoms with van der Waals surface area (Å²) in [5.74, 6) is -1.84. The molecule has 0 aromatic heterocycles. The Labute approximate surface area is 143 Å². The number of esters is 1. The first-order chi connectivity index (χ1) is 10.2. The van der Waals surface area contributed by atoms with Crippen LogP contribution < -0.4 is 5.32 Å². The van der Waals surface area contributed by atoms with Gasteiger partial charge in [0.25, 0.3) is 9.70 Å². The molecule has 8 heteroatoms. The van der Waals surface area contributed by atoms with E-state index < -0.39 is 27.8 Å². The molecule has 0 aromatic rings. The first-order valence-corrected chi connectivity index (χ1v) is 8.18. The normalized spacial score (nSPS) is 22.4. The third-order valence-electron chi connectivity index (χ3n) is 3.79. The van der Waals surface area contributed by atoms with Crippen molar-refractivity contribution in [3.05, 3.63) is 0 Å². The second-order valence-electron chi connectivity index (χ2n) is 5.68. The lowest BCUT2D eigenvalue weighted by Gasteiger charge is -2.32. The molecule has 1 heterocycles. The van der Waals surface area contributed by atoms with Crippen LogP contribution in [0.15, 0.2) is 0 Å². The number of rotatable bonds is 5. The Hall–Kier alpha value is -1.19. The molecule has 1 aliphatic rings. The van der Waals surface area contributed by atoms with Crippen LogP contribution in [0.1, 0.15) is 33.6 Å². The number of ether oxygens (including phenoxy) is 1. The SMILES string of the molecule is COC(=O)[C@@H]1CC[C@H](C)N1C(=O)[C@@H](NC(=O)C(=O)I)C(C)C. The smallest absolute Gasteiger partial charge is 0.328 e. The van der Waals surface area contributed by atoms with Crippen LogP contribution in [0.4, 0.5) is 0 Å². The lowest BCUT2D eigenvalue weighted by molar-refractivity contribution is -0.153. The molecule has 0 bridgehead atoms. The van der Waals surface area contributed by atoms with Crippen LogP contribution in [0.5, 0.6) is 0 Å². The van der Waals surface area contributed by atoms with Crippen LogP contribution >= 0.6 is 22.6 Å². The summed E-state index contributed by atoms with van der Waals surface area (Å²) < 4.78 is 4.06. The topological polar surface area (TPSA) is 92.8 Å². The van der Waals surface area contributed by atoms with Crippen molar-refractivity contribution in [3.8, 4) is 0 Å². The van der Waals surface area contributed by atoms with Gasteiger partial charge in [-0.2, -0.15) is 0 Å². The van der Waals surface area contributed by atoms with E-state index in [1.54, 1.807) is 13.8 Å². The maximum Gasteiger partial charge on any atom is 0.328 e. The fraction of sp³-hybridized carbons (Fsp3) is 0.714. The molecule has 2 amide bonds. The van der Waals surface area contributed by atoms with E-state index in [1.807, 2.05) is 6.92 Å². The number of amides is 2. The summed E-state index contributed by atoms with van der Waals surface area (Å²) in [5.41, 5.74) is 0. The summed E-state index contributed by atoms with van der Waals surface area (Å²) in [6.07, 6.45) is 1.22. The molecule has 0 radical (unpaired) electrons. The molecule has 124 valence electrons. The minimum absolute atomic E-state index is 0.120. The number of nitrogens with zero attached hydrogens (tertiary/aromatic N) is 1. The van der Waals surface area contributed by atoms with Gasteiger partial charge in [-0.15, -0.1) is 0 Å². The zero-order valence-corrected chi connectivity index (χ0v) is 15.2. The minimum atomic E-state index is -0.848. The zero-order valence-electron chi connectivity index (χ0n) is 13.1. The fourth-order valence-corrected chi connectivity index (χ4v) is 2.75. The Balaban J connectivity index is 2.98. The van der Waals surface area contributed by atoms with Gasteiger partial charge in [0.15, 0.2) is 0 Å². The van der Waals surface area contributed by atoms with Crippen molar-refractivity contribution in [1.29, 1.82) is 0 Å². The summed E-state index contributed by atoms with van der Waals surface area (Å²) in [6.45, 7) is 5.40. The van der Waals surface area contributed by atoms with E-state index in [-0.39, 0.29) is 17.9 Å². The molecule has 0 unspecified atom stereocenters. The molecule has 7 nitrogen and oxygen atoms in total. The Morgan fingerprint density at radius 1 is 1.23 bits per heavy atom. The maximum absolute atomic E-state index is 12.8. The van der Waals surface area contributed by atoms with Crippen molar-refractivity contribution >= 4 is 44.2 Å². The quantitative estimate of drug-likeness (QED) is 0.303. The number of likely N-dealkylation sites (tertiary alicyclic amines) is 1. The first kappa shape index (κ1) is 18.9. The Morgan fingerprint density at radius 3 is 2.27 bits per heavy atom. The number of halogens is 1. The van der Waals surface area contributed by atoms with Gasteiger partial charge in [-0.3, -0.25) is 14.4 Å². The minimum Gasteiger partial charge on any atom is -0.467 e. The molecular weight excluding hydrogens is 403 g/mol. The second-order valence-corrected chi connectivity index (χ2v) is 6.66. The lowest BCUT2D eigenvalue weighted by Crippen LogP contribution is -2.56. The van der Waals surface area contributed by atoms with E-state index in [4.69, 9.17) is 4.74 Å². The van der Waals surface area contributed by atoms with Crippen molar-refractivity contribution < 1.29 is 23.9 Å². The summed E-state index contributed by atoms with van der Waals surface area (Å²) in [4.78, 5) is 48.8. The van der Waals surface area contributed by atoms with Gasteiger partial charge < -0.3 is 15.0 Å². The third-order valence-corrected chi connectivity index (χ3v) is 4.28. The predicted octanol–water partition coefficient (Wildman–Crippen LogP) is 0.641. The highest BCUT2D eigenvalue weighted by atomic mass is 127. The molecule has 0 spiro atoms. The van der Waals surface area contributed by atoms with Gasteiger partial charge in [-0.1, -0.05) is 13.8 Å². The first-order valence-electron chi connectivity index (χ1n) is 7.11. The number of methoxy groups -OCH3 is 1. The van der Waals surface area contributed by atoms with Gasteiger partial charge in [0.05, 0.1) is 7.11 Å². The largest absolute Gasteiger partial charge is 0.467 e. The molecule has 22 heavy (non-hydrogen) atoms. The molecule has 1 N–H and O–H groups in total. The molecule has 1 rings (SSSR count). The third kappa shape index (κ3) is 4.17. The average Bonchev–Trinajstić information content (AvgIpc) is 2.84. The number of carbonyl (C=O) groups excluding carboxylic acids is 4. The number of hydrogen-bond acceptors (Lipinski definition) is 5. The van der Waals surface area contributed by atoms with Crippen LogP contribution in [0, 0.1) is 5.92 Å². The Morgan fingerprint density at radius 2 is 1.82 bits per heavy atom. The molecule has 1 fully saturated rings. The van der Waals surface area contributed by atoms with Crippen LogP contribution in [0.25, 0.3) is 0 Å². The van der Waals surface area contributed by atoms with Gasteiger partial charge in [0, 0.05) is 28.6 Å². The van der Waals surface area contributed by atoms with E-state index >= 15 is 0 Å². The summed E-state index contributed by atoms with van der Waals surface area (Å²) in [7, 11) is 1.28. The van der Waals surface area contributed by atoms with Crippen LogP contribution in [-0.4, -0.2) is 51.7 Å². The summed E-state index contributed by atoms with van der Waals surface area (Å²) in [6, 6.07) is -1.61. The number of hydrogen-bond donors (Lipinski definition) is 1. The monoisotopic (exact) mass is 424 g/mol. The molecule has 1 aliphatic heterocycles. The summed E-state index contributed by atoms with van der Waals surface area (Å²) in [5, 5.41) is 2.45. The van der Waals surface area contributed by atoms with E-state index in [9.17, 15) is 19.2 Å². The molecule has 0 saturated carbocycles. The maximum atomic E-state index is 12.8. The molecule has 0 aromatic carbocycles. The van der Waals surface area contributed by atoms with Gasteiger partial charge in [-0.05, 0) is 25.7 Å². The summed E-state index contributed by atoms with van der Waals surface area (Å²) >= 11 is 1.37. The van der Waals surface area contributed by atoms with Crippen LogP contribution in [-0.2, 0) is 23.9 Å². The van der Waals surface area contributed by atoms with Crippen molar-refractivity contribution in [1.82, 2.24) is 10.2 Å². The van der Waals surface area contributed by atoms with Crippen molar-refractivity contribution in [2.45, 2.75) is 51.7 Å². The average molecular weight is 424 g/mol. The molecule has 0 aliphatic carbocycles.